The van der Waals surface area contributed by atoms with Crippen LogP contribution in [0, 0.1) is 0 Å². The molecule has 236 valence electrons. The van der Waals surface area contributed by atoms with Crippen LogP contribution in [0.4, 0.5) is 0 Å². The number of nitrogens with zero attached hydrogens (tertiary/aromatic N) is 4. The van der Waals surface area contributed by atoms with Crippen LogP contribution in [0.25, 0.3) is 61.7 Å². The average molecular weight is 633 g/mol. The first-order chi connectivity index (χ1) is 24.3. The summed E-state index contributed by atoms with van der Waals surface area (Å²) in [6.45, 7) is 0. The minimum absolute atomic E-state index is 0.472. The van der Waals surface area contributed by atoms with E-state index in [1.807, 2.05) is 36.4 Å². The van der Waals surface area contributed by atoms with Gasteiger partial charge in [-0.3, -0.25) is 0 Å². The number of benzene rings is 6. The summed E-state index contributed by atoms with van der Waals surface area (Å²) in [5.74, 6) is 3.02. The van der Waals surface area contributed by atoms with Crippen LogP contribution in [0.15, 0.2) is 158 Å². The van der Waals surface area contributed by atoms with Gasteiger partial charge in [0.25, 0.3) is 0 Å². The van der Waals surface area contributed by atoms with Crippen molar-refractivity contribution in [2.45, 2.75) is 37.5 Å². The fourth-order valence-electron chi connectivity index (χ4n) is 7.82. The van der Waals surface area contributed by atoms with Gasteiger partial charge in [0.15, 0.2) is 17.5 Å². The largest absolute Gasteiger partial charge is 0.309 e. The van der Waals surface area contributed by atoms with E-state index < -0.39 is 0 Å². The molecule has 9 rings (SSSR count). The lowest BCUT2D eigenvalue weighted by Crippen LogP contribution is -2.16. The summed E-state index contributed by atoms with van der Waals surface area (Å²) in [6, 6.07) is 56.2. The molecular weight excluding hydrogens is 597 g/mol. The zero-order valence-electron chi connectivity index (χ0n) is 27.3. The summed E-state index contributed by atoms with van der Waals surface area (Å²) >= 11 is 0. The Morgan fingerprint density at radius 1 is 0.388 bits per heavy atom. The van der Waals surface area contributed by atoms with E-state index in [-0.39, 0.29) is 0 Å². The highest BCUT2D eigenvalue weighted by Crippen LogP contribution is 2.45. The van der Waals surface area contributed by atoms with Crippen molar-refractivity contribution in [1.29, 1.82) is 0 Å². The van der Waals surface area contributed by atoms with Crippen molar-refractivity contribution >= 4 is 21.8 Å². The predicted molar refractivity (Wildman–Crippen MR) is 201 cm³/mol. The van der Waals surface area contributed by atoms with Crippen molar-refractivity contribution in [3.05, 3.63) is 169 Å². The second kappa shape index (κ2) is 12.6. The number of para-hydroxylation sites is 2. The van der Waals surface area contributed by atoms with Gasteiger partial charge in [-0.1, -0.05) is 146 Å². The third-order valence-corrected chi connectivity index (χ3v) is 10.2. The van der Waals surface area contributed by atoms with Crippen LogP contribution < -0.4 is 0 Å². The van der Waals surface area contributed by atoms with E-state index in [0.29, 0.717) is 29.3 Å². The van der Waals surface area contributed by atoms with Crippen molar-refractivity contribution in [2.75, 3.05) is 0 Å². The SMILES string of the molecule is c1ccc(-c2nc(-c3ccccc3)nc(-c3ccc(C4CCCCC4c4ccc(-n5c6ccccc6c6ccccc65)cc4)cc3)n2)cc1. The van der Waals surface area contributed by atoms with E-state index in [0.717, 1.165) is 16.7 Å². The molecule has 0 amide bonds. The highest BCUT2D eigenvalue weighted by molar-refractivity contribution is 6.09. The molecule has 0 spiro atoms. The zero-order valence-corrected chi connectivity index (χ0v) is 27.3. The van der Waals surface area contributed by atoms with Gasteiger partial charge in [0.1, 0.15) is 0 Å². The van der Waals surface area contributed by atoms with Crippen molar-refractivity contribution in [3.8, 4) is 39.9 Å². The minimum Gasteiger partial charge on any atom is -0.309 e. The van der Waals surface area contributed by atoms with Crippen LogP contribution in [-0.4, -0.2) is 19.5 Å². The number of rotatable bonds is 6. The normalized spacial score (nSPS) is 16.2. The maximum atomic E-state index is 4.95. The monoisotopic (exact) mass is 632 g/mol. The molecule has 8 aromatic rings. The van der Waals surface area contributed by atoms with Gasteiger partial charge in [0.2, 0.25) is 0 Å². The van der Waals surface area contributed by atoms with Gasteiger partial charge in [-0.25, -0.2) is 15.0 Å². The molecule has 0 bridgehead atoms. The van der Waals surface area contributed by atoms with Gasteiger partial charge in [0.05, 0.1) is 11.0 Å². The fraction of sp³-hybridized carbons (Fsp3) is 0.133. The smallest absolute Gasteiger partial charge is 0.164 e. The number of hydrogen-bond acceptors (Lipinski definition) is 3. The first kappa shape index (κ1) is 29.3. The molecule has 0 N–H and O–H groups in total. The molecule has 1 fully saturated rings. The molecule has 0 aliphatic heterocycles. The Morgan fingerprint density at radius 2 is 0.776 bits per heavy atom. The summed E-state index contributed by atoms with van der Waals surface area (Å²) in [5, 5.41) is 2.59. The Balaban J connectivity index is 1.03. The molecule has 0 radical (unpaired) electrons. The third kappa shape index (κ3) is 5.49. The Morgan fingerprint density at radius 3 is 1.24 bits per heavy atom. The van der Waals surface area contributed by atoms with Crippen LogP contribution in [0.3, 0.4) is 0 Å². The van der Waals surface area contributed by atoms with Gasteiger partial charge in [-0.2, -0.15) is 0 Å². The fourth-order valence-corrected chi connectivity index (χ4v) is 7.82. The lowest BCUT2D eigenvalue weighted by Gasteiger charge is -2.32. The van der Waals surface area contributed by atoms with Crippen LogP contribution in [0.5, 0.6) is 0 Å². The van der Waals surface area contributed by atoms with Crippen LogP contribution in [0.1, 0.15) is 48.6 Å². The van der Waals surface area contributed by atoms with Crippen molar-refractivity contribution in [2.24, 2.45) is 0 Å². The molecule has 4 heteroatoms. The Bertz CT molecular complexity index is 2270. The van der Waals surface area contributed by atoms with Crippen molar-refractivity contribution in [3.63, 3.8) is 0 Å². The second-order valence-corrected chi connectivity index (χ2v) is 13.1. The van der Waals surface area contributed by atoms with E-state index in [2.05, 4.69) is 126 Å². The number of hydrogen-bond donors (Lipinski definition) is 0. The second-order valence-electron chi connectivity index (χ2n) is 13.1. The quantitative estimate of drug-likeness (QED) is 0.183. The van der Waals surface area contributed by atoms with Gasteiger partial charge in [-0.15, -0.1) is 0 Å². The summed E-state index contributed by atoms with van der Waals surface area (Å²) < 4.78 is 2.40. The summed E-state index contributed by atoms with van der Waals surface area (Å²) in [5.41, 5.74) is 9.48. The molecule has 2 heterocycles. The van der Waals surface area contributed by atoms with Gasteiger partial charge in [0, 0.05) is 33.2 Å². The number of fused-ring (bicyclic) bond motifs is 3. The molecule has 2 aromatic heterocycles. The topological polar surface area (TPSA) is 43.6 Å². The molecule has 1 aliphatic rings. The lowest BCUT2D eigenvalue weighted by molar-refractivity contribution is 0.386. The molecule has 2 unspecified atom stereocenters. The minimum atomic E-state index is 0.472. The van der Waals surface area contributed by atoms with Gasteiger partial charge in [-0.05, 0) is 60.1 Å². The highest BCUT2D eigenvalue weighted by Gasteiger charge is 2.28. The molecular formula is C45H36N4. The number of aromatic nitrogens is 4. The molecule has 6 aromatic carbocycles. The van der Waals surface area contributed by atoms with E-state index in [1.165, 1.54) is 64.3 Å². The van der Waals surface area contributed by atoms with E-state index >= 15 is 0 Å². The molecule has 4 nitrogen and oxygen atoms in total. The lowest BCUT2D eigenvalue weighted by atomic mass is 9.72. The summed E-state index contributed by atoms with van der Waals surface area (Å²) in [4.78, 5) is 14.8. The first-order valence-corrected chi connectivity index (χ1v) is 17.4. The molecule has 1 saturated carbocycles. The van der Waals surface area contributed by atoms with Crippen molar-refractivity contribution in [1.82, 2.24) is 19.5 Å². The Labute approximate surface area is 286 Å². The molecule has 49 heavy (non-hydrogen) atoms. The average Bonchev–Trinajstić information content (AvgIpc) is 3.53. The first-order valence-electron chi connectivity index (χ1n) is 17.4. The third-order valence-electron chi connectivity index (χ3n) is 10.2. The zero-order chi connectivity index (χ0) is 32.6. The van der Waals surface area contributed by atoms with Gasteiger partial charge < -0.3 is 4.57 Å². The predicted octanol–water partition coefficient (Wildman–Crippen LogP) is 11.4. The molecule has 0 saturated heterocycles. The van der Waals surface area contributed by atoms with Crippen LogP contribution in [0.2, 0.25) is 0 Å². The van der Waals surface area contributed by atoms with E-state index in [1.54, 1.807) is 0 Å². The van der Waals surface area contributed by atoms with E-state index in [4.69, 9.17) is 15.0 Å². The summed E-state index contributed by atoms with van der Waals surface area (Å²) in [7, 11) is 0. The maximum Gasteiger partial charge on any atom is 0.164 e. The van der Waals surface area contributed by atoms with Crippen LogP contribution >= 0.6 is 0 Å². The van der Waals surface area contributed by atoms with E-state index in [9.17, 15) is 0 Å². The standard InChI is InChI=1S/C45H36N4/c1-3-13-33(14-4-1)43-46-44(34-15-5-2-6-16-34)48-45(47-43)35-25-23-31(24-26-35)37-17-7-8-18-38(37)32-27-29-36(30-28-32)49-41-21-11-9-19-39(41)40-20-10-12-22-42(40)49/h1-6,9-16,19-30,37-38H,7-8,17-18H2. The summed E-state index contributed by atoms with van der Waals surface area (Å²) in [6.07, 6.45) is 4.93. The maximum absolute atomic E-state index is 4.95. The molecule has 2 atom stereocenters. The van der Waals surface area contributed by atoms with Crippen LogP contribution in [-0.2, 0) is 0 Å². The Hall–Kier alpha value is -5.87. The highest BCUT2D eigenvalue weighted by atomic mass is 15.0. The Kier molecular flexibility index (Phi) is 7.55. The van der Waals surface area contributed by atoms with Crippen molar-refractivity contribution < 1.29 is 0 Å². The molecule has 1 aliphatic carbocycles. The van der Waals surface area contributed by atoms with Gasteiger partial charge >= 0.3 is 0 Å².